The molecule has 0 aromatic carbocycles. The van der Waals surface area contributed by atoms with Crippen LogP contribution in [0.1, 0.15) is 12.8 Å². The van der Waals surface area contributed by atoms with Crippen LogP contribution in [0.2, 0.25) is 0 Å². The molecular weight excluding hydrogens is 171 g/mol. The van der Waals surface area contributed by atoms with Gasteiger partial charge in [-0.3, -0.25) is 4.79 Å². The molecule has 2 heterocycles. The van der Waals surface area contributed by atoms with Gasteiger partial charge in [0.2, 0.25) is 0 Å². The predicted octanol–water partition coefficient (Wildman–Crippen LogP) is -3.27. The summed E-state index contributed by atoms with van der Waals surface area (Å²) < 4.78 is 4.89. The van der Waals surface area contributed by atoms with Crippen molar-refractivity contribution in [1.82, 2.24) is 10.5 Å². The standard InChI is InChI=1S/C6H8N2O2.K.H/c9-6-4-1-2-7-3-5(4)10-8-6;;/h7H,1-3H2,(H,8,9);;/q;+1;-1. The van der Waals surface area contributed by atoms with E-state index in [4.69, 9.17) is 4.52 Å². The van der Waals surface area contributed by atoms with Gasteiger partial charge in [-0.15, -0.1) is 0 Å². The molecule has 0 radical (unpaired) electrons. The fraction of sp³-hybridized carbons (Fsp3) is 0.500. The predicted molar refractivity (Wildman–Crippen MR) is 35.9 cm³/mol. The second-order valence-electron chi connectivity index (χ2n) is 2.36. The maximum Gasteiger partial charge on any atom is 1.00 e. The molecule has 0 atom stereocenters. The fourth-order valence-corrected chi connectivity index (χ4v) is 1.17. The minimum Gasteiger partial charge on any atom is -1.00 e. The molecule has 1 aromatic heterocycles. The van der Waals surface area contributed by atoms with Crippen molar-refractivity contribution in [2.24, 2.45) is 0 Å². The van der Waals surface area contributed by atoms with Gasteiger partial charge in [0.15, 0.2) is 5.76 Å². The summed E-state index contributed by atoms with van der Waals surface area (Å²) in [6.45, 7) is 1.55. The quantitative estimate of drug-likeness (QED) is 0.412. The second kappa shape index (κ2) is 4.02. The molecule has 1 aliphatic rings. The third kappa shape index (κ3) is 1.85. The monoisotopic (exact) mass is 180 g/mol. The first-order valence-electron chi connectivity index (χ1n) is 3.28. The molecule has 0 fully saturated rings. The first-order chi connectivity index (χ1) is 4.88. The Hall–Kier alpha value is 0.606. The molecular formula is C6H9KN2O2. The van der Waals surface area contributed by atoms with Crippen molar-refractivity contribution >= 4 is 0 Å². The molecule has 0 spiro atoms. The van der Waals surface area contributed by atoms with Crippen LogP contribution in [0.5, 0.6) is 0 Å². The van der Waals surface area contributed by atoms with Gasteiger partial charge >= 0.3 is 51.4 Å². The Labute approximate surface area is 108 Å². The Morgan fingerprint density at radius 1 is 1.55 bits per heavy atom. The smallest absolute Gasteiger partial charge is 1.00 e. The van der Waals surface area contributed by atoms with E-state index in [1.54, 1.807) is 0 Å². The summed E-state index contributed by atoms with van der Waals surface area (Å²) >= 11 is 0. The number of aromatic nitrogens is 1. The molecule has 11 heavy (non-hydrogen) atoms. The summed E-state index contributed by atoms with van der Waals surface area (Å²) in [6.07, 6.45) is 0.779. The number of nitrogens with one attached hydrogen (secondary N) is 2. The maximum atomic E-state index is 10.9. The van der Waals surface area contributed by atoms with Crippen LogP contribution in [0.4, 0.5) is 0 Å². The zero-order valence-electron chi connectivity index (χ0n) is 7.44. The van der Waals surface area contributed by atoms with Crippen LogP contribution in [-0.2, 0) is 13.0 Å². The van der Waals surface area contributed by atoms with E-state index in [1.807, 2.05) is 0 Å². The number of rotatable bonds is 0. The van der Waals surface area contributed by atoms with Crippen molar-refractivity contribution < 1.29 is 57.3 Å². The van der Waals surface area contributed by atoms with Gasteiger partial charge in [0.1, 0.15) is 0 Å². The van der Waals surface area contributed by atoms with Crippen molar-refractivity contribution in [2.75, 3.05) is 6.54 Å². The SMILES string of the molecule is O=c1[nH]oc2c1CCNC2.[H-].[K+]. The number of H-pyrrole nitrogens is 1. The Morgan fingerprint density at radius 2 is 2.36 bits per heavy atom. The first-order valence-corrected chi connectivity index (χ1v) is 3.28. The molecule has 56 valence electrons. The molecule has 4 nitrogen and oxygen atoms in total. The van der Waals surface area contributed by atoms with Crippen molar-refractivity contribution in [3.05, 3.63) is 21.7 Å². The van der Waals surface area contributed by atoms with E-state index in [0.717, 1.165) is 24.3 Å². The molecule has 0 aliphatic carbocycles. The van der Waals surface area contributed by atoms with Crippen LogP contribution < -0.4 is 62.3 Å². The second-order valence-corrected chi connectivity index (χ2v) is 2.36. The van der Waals surface area contributed by atoms with Crippen molar-refractivity contribution in [3.63, 3.8) is 0 Å². The molecule has 0 bridgehead atoms. The molecule has 2 N–H and O–H groups in total. The molecule has 0 saturated heterocycles. The van der Waals surface area contributed by atoms with Gasteiger partial charge in [-0.1, -0.05) is 0 Å². The van der Waals surface area contributed by atoms with Crippen LogP contribution in [-0.4, -0.2) is 11.7 Å². The van der Waals surface area contributed by atoms with Gasteiger partial charge in [0, 0.05) is 0 Å². The summed E-state index contributed by atoms with van der Waals surface area (Å²) in [5.41, 5.74) is 0.732. The van der Waals surface area contributed by atoms with E-state index in [0.29, 0.717) is 6.54 Å². The van der Waals surface area contributed by atoms with Gasteiger partial charge in [-0.2, -0.15) is 5.16 Å². The summed E-state index contributed by atoms with van der Waals surface area (Å²) in [6, 6.07) is 0. The molecule has 2 rings (SSSR count). The first kappa shape index (κ1) is 9.69. The topological polar surface area (TPSA) is 58.0 Å². The van der Waals surface area contributed by atoms with Gasteiger partial charge < -0.3 is 11.3 Å². The Bertz CT molecular complexity index is 296. The third-order valence-electron chi connectivity index (χ3n) is 1.71. The van der Waals surface area contributed by atoms with Gasteiger partial charge in [0.25, 0.3) is 5.56 Å². The summed E-state index contributed by atoms with van der Waals surface area (Å²) in [4.78, 5) is 10.9. The van der Waals surface area contributed by atoms with Crippen LogP contribution in [0.25, 0.3) is 0 Å². The van der Waals surface area contributed by atoms with Gasteiger partial charge in [-0.25, -0.2) is 0 Å². The molecule has 5 heteroatoms. The Balaban J connectivity index is 0.000000605. The average Bonchev–Trinajstić information content (AvgIpc) is 2.34. The van der Waals surface area contributed by atoms with Gasteiger partial charge in [-0.05, 0) is 13.0 Å². The third-order valence-corrected chi connectivity index (χ3v) is 1.71. The molecule has 1 aliphatic heterocycles. The summed E-state index contributed by atoms with van der Waals surface area (Å²) in [7, 11) is 0. The molecule has 0 amide bonds. The van der Waals surface area contributed by atoms with E-state index in [1.165, 1.54) is 0 Å². The number of fused-ring (bicyclic) bond motifs is 1. The fourth-order valence-electron chi connectivity index (χ4n) is 1.17. The molecule has 1 aromatic rings. The van der Waals surface area contributed by atoms with Crippen LogP contribution in [0.15, 0.2) is 9.32 Å². The summed E-state index contributed by atoms with van der Waals surface area (Å²) in [5, 5.41) is 5.41. The zero-order valence-corrected chi connectivity index (χ0v) is 9.56. The Morgan fingerprint density at radius 3 is 3.09 bits per heavy atom. The largest absolute Gasteiger partial charge is 1.00 e. The number of hydrogen-bond acceptors (Lipinski definition) is 3. The molecule has 0 unspecified atom stereocenters. The van der Waals surface area contributed by atoms with E-state index >= 15 is 0 Å². The minimum atomic E-state index is -0.0727. The van der Waals surface area contributed by atoms with Crippen molar-refractivity contribution in [1.29, 1.82) is 0 Å². The van der Waals surface area contributed by atoms with Crippen LogP contribution in [0.3, 0.4) is 0 Å². The summed E-state index contributed by atoms with van der Waals surface area (Å²) in [5.74, 6) is 0.760. The van der Waals surface area contributed by atoms with E-state index < -0.39 is 0 Å². The minimum absolute atomic E-state index is 0. The van der Waals surface area contributed by atoms with Crippen molar-refractivity contribution in [2.45, 2.75) is 13.0 Å². The number of hydrogen-bond donors (Lipinski definition) is 2. The van der Waals surface area contributed by atoms with Crippen LogP contribution >= 0.6 is 0 Å². The molecule has 0 saturated carbocycles. The van der Waals surface area contributed by atoms with Crippen molar-refractivity contribution in [3.8, 4) is 0 Å². The normalized spacial score (nSPS) is 15.3. The zero-order chi connectivity index (χ0) is 6.97. The number of aromatic amines is 1. The Kier molecular flexibility index (Phi) is 3.54. The van der Waals surface area contributed by atoms with Crippen LogP contribution in [0, 0.1) is 0 Å². The average molecular weight is 180 g/mol. The van der Waals surface area contributed by atoms with E-state index in [9.17, 15) is 4.79 Å². The van der Waals surface area contributed by atoms with E-state index in [2.05, 4.69) is 10.5 Å². The van der Waals surface area contributed by atoms with E-state index in [-0.39, 0.29) is 58.4 Å². The van der Waals surface area contributed by atoms with Gasteiger partial charge in [0.05, 0.1) is 12.1 Å². The maximum absolute atomic E-state index is 10.9.